The Balaban J connectivity index is 1.71. The van der Waals surface area contributed by atoms with E-state index in [1.54, 1.807) is 29.4 Å². The van der Waals surface area contributed by atoms with Gasteiger partial charge >= 0.3 is 0 Å². The number of benzene rings is 1. The molecule has 110 valence electrons. The van der Waals surface area contributed by atoms with Crippen molar-refractivity contribution in [1.29, 1.82) is 0 Å². The van der Waals surface area contributed by atoms with E-state index in [1.807, 2.05) is 6.07 Å². The van der Waals surface area contributed by atoms with E-state index in [0.29, 0.717) is 11.3 Å². The number of thioether (sulfide) groups is 1. The largest absolute Gasteiger partial charge is 0.306 e. The lowest BCUT2D eigenvalue weighted by molar-refractivity contribution is 0.548. The van der Waals surface area contributed by atoms with Gasteiger partial charge in [0.1, 0.15) is 6.33 Å². The molecule has 0 bridgehead atoms. The van der Waals surface area contributed by atoms with Crippen LogP contribution in [0.2, 0.25) is 0 Å². The number of fused-ring (bicyclic) bond motifs is 1. The van der Waals surface area contributed by atoms with Gasteiger partial charge in [0.2, 0.25) is 0 Å². The summed E-state index contributed by atoms with van der Waals surface area (Å²) in [5.41, 5.74) is 1.10. The fourth-order valence-corrected chi connectivity index (χ4v) is 4.42. The molecule has 0 spiro atoms. The molecule has 0 saturated heterocycles. The molecule has 21 heavy (non-hydrogen) atoms. The highest BCUT2D eigenvalue weighted by molar-refractivity contribution is 7.99. The molecule has 2 heterocycles. The van der Waals surface area contributed by atoms with Crippen LogP contribution in [0.5, 0.6) is 0 Å². The van der Waals surface area contributed by atoms with E-state index >= 15 is 0 Å². The van der Waals surface area contributed by atoms with Gasteiger partial charge in [-0.3, -0.25) is 0 Å². The minimum absolute atomic E-state index is 0.386. The number of aromatic nitrogens is 4. The maximum atomic E-state index is 4.70. The summed E-state index contributed by atoms with van der Waals surface area (Å²) in [7, 11) is 0. The van der Waals surface area contributed by atoms with Gasteiger partial charge in [0.15, 0.2) is 5.16 Å². The minimum Gasteiger partial charge on any atom is -0.306 e. The first-order chi connectivity index (χ1) is 10.1. The van der Waals surface area contributed by atoms with E-state index in [2.05, 4.69) is 53.7 Å². The zero-order valence-electron chi connectivity index (χ0n) is 12.4. The Morgan fingerprint density at radius 2 is 2.05 bits per heavy atom. The smallest absolute Gasteiger partial charge is 0.191 e. The van der Waals surface area contributed by atoms with Crippen molar-refractivity contribution in [2.45, 2.75) is 43.6 Å². The topological polar surface area (TPSA) is 43.6 Å². The molecule has 1 unspecified atom stereocenters. The van der Waals surface area contributed by atoms with Crippen LogP contribution in [-0.4, -0.2) is 25.0 Å². The van der Waals surface area contributed by atoms with Crippen molar-refractivity contribution >= 4 is 33.3 Å². The third-order valence-corrected chi connectivity index (χ3v) is 5.33. The summed E-state index contributed by atoms with van der Waals surface area (Å²) >= 11 is 3.55. The molecule has 0 radical (unpaired) electrons. The highest BCUT2D eigenvalue weighted by Crippen LogP contribution is 2.28. The lowest BCUT2D eigenvalue weighted by Crippen LogP contribution is -2.06. The maximum absolute atomic E-state index is 4.70. The lowest BCUT2D eigenvalue weighted by Gasteiger charge is -2.12. The van der Waals surface area contributed by atoms with Gasteiger partial charge in [-0.15, -0.1) is 21.5 Å². The van der Waals surface area contributed by atoms with Crippen LogP contribution in [0.4, 0.5) is 0 Å². The van der Waals surface area contributed by atoms with Gasteiger partial charge in [0.25, 0.3) is 0 Å². The van der Waals surface area contributed by atoms with Crippen LogP contribution in [0, 0.1) is 0 Å². The lowest BCUT2D eigenvalue weighted by atomic mass is 10.3. The molecule has 1 atom stereocenters. The molecule has 0 saturated carbocycles. The van der Waals surface area contributed by atoms with Crippen LogP contribution in [0.15, 0.2) is 35.7 Å². The fourth-order valence-electron chi connectivity index (χ4n) is 2.15. The molecule has 3 rings (SSSR count). The molecule has 4 nitrogen and oxygen atoms in total. The number of rotatable bonds is 5. The van der Waals surface area contributed by atoms with E-state index < -0.39 is 0 Å². The molecule has 2 aromatic heterocycles. The summed E-state index contributed by atoms with van der Waals surface area (Å²) in [4.78, 5) is 4.70. The normalized spacial score (nSPS) is 13.1. The van der Waals surface area contributed by atoms with E-state index in [9.17, 15) is 0 Å². The Bertz CT molecular complexity index is 699. The van der Waals surface area contributed by atoms with Gasteiger partial charge in [0.05, 0.1) is 15.2 Å². The molecule has 0 fully saturated rings. The standard InChI is InChI=1S/C15H18N4S2/c1-10(2)19-9-16-18-15(19)20-11(3)8-14-17-12-6-4-5-7-13(12)21-14/h4-7,9-11H,8H2,1-3H3. The average molecular weight is 318 g/mol. The highest BCUT2D eigenvalue weighted by Gasteiger charge is 2.14. The van der Waals surface area contributed by atoms with Crippen molar-refractivity contribution in [2.75, 3.05) is 0 Å². The summed E-state index contributed by atoms with van der Waals surface area (Å²) in [5.74, 6) is 0. The van der Waals surface area contributed by atoms with Gasteiger partial charge in [-0.1, -0.05) is 30.8 Å². The molecule has 0 N–H and O–H groups in total. The van der Waals surface area contributed by atoms with Gasteiger partial charge in [-0.2, -0.15) is 0 Å². The van der Waals surface area contributed by atoms with Crippen LogP contribution >= 0.6 is 23.1 Å². The summed E-state index contributed by atoms with van der Waals surface area (Å²) in [6, 6.07) is 8.69. The maximum Gasteiger partial charge on any atom is 0.191 e. The Kier molecular flexibility index (Phi) is 4.26. The van der Waals surface area contributed by atoms with Gasteiger partial charge in [-0.05, 0) is 26.0 Å². The van der Waals surface area contributed by atoms with Crippen LogP contribution in [0.1, 0.15) is 31.8 Å². The predicted octanol–water partition coefficient (Wildman–Crippen LogP) is 4.19. The van der Waals surface area contributed by atoms with Gasteiger partial charge in [-0.25, -0.2) is 4.98 Å². The van der Waals surface area contributed by atoms with Crippen LogP contribution in [0.3, 0.4) is 0 Å². The second-order valence-electron chi connectivity index (χ2n) is 5.32. The number of para-hydroxylation sites is 1. The first-order valence-electron chi connectivity index (χ1n) is 7.04. The molecule has 0 amide bonds. The fraction of sp³-hybridized carbons (Fsp3) is 0.400. The van der Waals surface area contributed by atoms with Crippen molar-refractivity contribution in [2.24, 2.45) is 0 Å². The molecular formula is C15H18N4S2. The third kappa shape index (κ3) is 3.27. The quantitative estimate of drug-likeness (QED) is 0.662. The van der Waals surface area contributed by atoms with E-state index in [1.165, 1.54) is 9.71 Å². The number of nitrogens with zero attached hydrogens (tertiary/aromatic N) is 4. The Hall–Kier alpha value is -1.40. The monoisotopic (exact) mass is 318 g/mol. The average Bonchev–Trinajstić information content (AvgIpc) is 3.03. The molecule has 0 aliphatic rings. The summed E-state index contributed by atoms with van der Waals surface area (Å²) in [6.45, 7) is 6.51. The number of thiazole rings is 1. The zero-order valence-corrected chi connectivity index (χ0v) is 14.0. The predicted molar refractivity (Wildman–Crippen MR) is 89.1 cm³/mol. The van der Waals surface area contributed by atoms with Crippen molar-refractivity contribution in [3.63, 3.8) is 0 Å². The SMILES string of the molecule is CC(Cc1nc2ccccc2s1)Sc1nncn1C(C)C. The van der Waals surface area contributed by atoms with Crippen LogP contribution in [0.25, 0.3) is 10.2 Å². The molecule has 3 aromatic rings. The zero-order chi connectivity index (χ0) is 14.8. The Labute approximate surface area is 132 Å². The minimum atomic E-state index is 0.386. The summed E-state index contributed by atoms with van der Waals surface area (Å²) < 4.78 is 3.37. The van der Waals surface area contributed by atoms with Gasteiger partial charge < -0.3 is 4.57 Å². The summed E-state index contributed by atoms with van der Waals surface area (Å²) in [6.07, 6.45) is 2.76. The number of hydrogen-bond donors (Lipinski definition) is 0. The molecule has 0 aliphatic heterocycles. The highest BCUT2D eigenvalue weighted by atomic mass is 32.2. The summed E-state index contributed by atoms with van der Waals surface area (Å²) in [5, 5.41) is 10.8. The van der Waals surface area contributed by atoms with Crippen LogP contribution < -0.4 is 0 Å². The van der Waals surface area contributed by atoms with Gasteiger partial charge in [0, 0.05) is 17.7 Å². The third-order valence-electron chi connectivity index (χ3n) is 3.20. The first-order valence-corrected chi connectivity index (χ1v) is 8.73. The molecule has 1 aromatic carbocycles. The van der Waals surface area contributed by atoms with Crippen LogP contribution in [-0.2, 0) is 6.42 Å². The van der Waals surface area contributed by atoms with E-state index in [4.69, 9.17) is 4.98 Å². The van der Waals surface area contributed by atoms with Crippen molar-refractivity contribution in [1.82, 2.24) is 19.7 Å². The first kappa shape index (κ1) is 14.5. The van der Waals surface area contributed by atoms with E-state index in [0.717, 1.165) is 17.1 Å². The molecule has 6 heteroatoms. The van der Waals surface area contributed by atoms with Crippen molar-refractivity contribution < 1.29 is 0 Å². The van der Waals surface area contributed by atoms with Crippen molar-refractivity contribution in [3.8, 4) is 0 Å². The number of hydrogen-bond acceptors (Lipinski definition) is 5. The Morgan fingerprint density at radius 3 is 2.81 bits per heavy atom. The van der Waals surface area contributed by atoms with Crippen molar-refractivity contribution in [3.05, 3.63) is 35.6 Å². The Morgan fingerprint density at radius 1 is 1.24 bits per heavy atom. The molecular weight excluding hydrogens is 300 g/mol. The van der Waals surface area contributed by atoms with E-state index in [-0.39, 0.29) is 0 Å². The molecule has 0 aliphatic carbocycles. The second-order valence-corrected chi connectivity index (χ2v) is 7.84. The second kappa shape index (κ2) is 6.15.